The van der Waals surface area contributed by atoms with E-state index in [1.165, 1.54) is 0 Å². The van der Waals surface area contributed by atoms with Crippen LogP contribution in [0.15, 0.2) is 36.4 Å². The minimum absolute atomic E-state index is 0.0574. The molecule has 26 heavy (non-hydrogen) atoms. The molecule has 0 aliphatic carbocycles. The number of benzene rings is 2. The molecule has 1 heterocycles. The van der Waals surface area contributed by atoms with Gasteiger partial charge in [-0.3, -0.25) is 10.1 Å². The lowest BCUT2D eigenvalue weighted by Crippen LogP contribution is -2.33. The summed E-state index contributed by atoms with van der Waals surface area (Å²) >= 11 is 7.57. The summed E-state index contributed by atoms with van der Waals surface area (Å²) in [5, 5.41) is 12.9. The lowest BCUT2D eigenvalue weighted by Gasteiger charge is -2.16. The van der Waals surface area contributed by atoms with Crippen LogP contribution in [0.25, 0.3) is 0 Å². The van der Waals surface area contributed by atoms with E-state index in [0.717, 1.165) is 28.2 Å². The molecule has 1 aliphatic heterocycles. The summed E-state index contributed by atoms with van der Waals surface area (Å²) in [5.74, 6) is 1.22. The SMILES string of the molecule is COc1ccc(C2NC(C(=O)O)CS2)cc1COc1ccc(Cl)cc1C. The van der Waals surface area contributed by atoms with Gasteiger partial charge in [-0.15, -0.1) is 11.8 Å². The van der Waals surface area contributed by atoms with Crippen LogP contribution in [-0.2, 0) is 11.4 Å². The van der Waals surface area contributed by atoms with Crippen molar-refractivity contribution in [2.75, 3.05) is 12.9 Å². The molecular weight excluding hydrogens is 374 g/mol. The maximum Gasteiger partial charge on any atom is 0.321 e. The van der Waals surface area contributed by atoms with E-state index in [1.54, 1.807) is 24.9 Å². The lowest BCUT2D eigenvalue weighted by atomic mass is 10.1. The van der Waals surface area contributed by atoms with Crippen LogP contribution >= 0.6 is 23.4 Å². The lowest BCUT2D eigenvalue weighted by molar-refractivity contribution is -0.138. The Morgan fingerprint density at radius 2 is 2.08 bits per heavy atom. The van der Waals surface area contributed by atoms with Gasteiger partial charge in [-0.2, -0.15) is 0 Å². The third-order valence-electron chi connectivity index (χ3n) is 4.21. The van der Waals surface area contributed by atoms with Crippen molar-refractivity contribution in [3.8, 4) is 11.5 Å². The normalized spacial score (nSPS) is 19.3. The summed E-state index contributed by atoms with van der Waals surface area (Å²) < 4.78 is 11.4. The predicted molar refractivity (Wildman–Crippen MR) is 103 cm³/mol. The van der Waals surface area contributed by atoms with Crippen molar-refractivity contribution in [3.05, 3.63) is 58.1 Å². The molecular formula is C19H20ClNO4S. The molecule has 7 heteroatoms. The monoisotopic (exact) mass is 393 g/mol. The largest absolute Gasteiger partial charge is 0.496 e. The van der Waals surface area contributed by atoms with Crippen LogP contribution < -0.4 is 14.8 Å². The number of carbonyl (C=O) groups is 1. The molecule has 0 bridgehead atoms. The van der Waals surface area contributed by atoms with Gasteiger partial charge in [-0.1, -0.05) is 17.7 Å². The van der Waals surface area contributed by atoms with E-state index in [9.17, 15) is 4.79 Å². The van der Waals surface area contributed by atoms with Crippen molar-refractivity contribution in [1.82, 2.24) is 5.32 Å². The Bertz CT molecular complexity index is 814. The highest BCUT2D eigenvalue weighted by Gasteiger charge is 2.30. The van der Waals surface area contributed by atoms with E-state index in [1.807, 2.05) is 37.3 Å². The molecule has 1 aliphatic rings. The Labute approximate surface area is 161 Å². The molecule has 1 saturated heterocycles. The summed E-state index contributed by atoms with van der Waals surface area (Å²) in [4.78, 5) is 11.1. The van der Waals surface area contributed by atoms with Crippen molar-refractivity contribution in [2.24, 2.45) is 0 Å². The molecule has 2 N–H and O–H groups in total. The van der Waals surface area contributed by atoms with E-state index in [2.05, 4.69) is 5.32 Å². The molecule has 0 amide bonds. The Hall–Kier alpha value is -1.89. The number of ether oxygens (including phenoxy) is 2. The third kappa shape index (κ3) is 4.26. The van der Waals surface area contributed by atoms with Crippen molar-refractivity contribution >= 4 is 29.3 Å². The van der Waals surface area contributed by atoms with Gasteiger partial charge >= 0.3 is 5.97 Å². The minimum atomic E-state index is -0.824. The summed E-state index contributed by atoms with van der Waals surface area (Å²) in [5.41, 5.74) is 2.87. The highest BCUT2D eigenvalue weighted by atomic mass is 35.5. The summed E-state index contributed by atoms with van der Waals surface area (Å²) in [7, 11) is 1.62. The average molecular weight is 394 g/mol. The number of nitrogens with one attached hydrogen (secondary N) is 1. The minimum Gasteiger partial charge on any atom is -0.496 e. The standard InChI is InChI=1S/C19H20ClNO4S/c1-11-7-14(20)4-6-16(11)25-9-13-8-12(3-5-17(13)24-2)18-21-15(10-26-18)19(22)23/h3-8,15,18,21H,9-10H2,1-2H3,(H,22,23). The Morgan fingerprint density at radius 3 is 2.73 bits per heavy atom. The van der Waals surface area contributed by atoms with E-state index < -0.39 is 12.0 Å². The first kappa shape index (κ1) is 18.9. The van der Waals surface area contributed by atoms with Crippen LogP contribution in [0, 0.1) is 6.92 Å². The molecule has 1 fully saturated rings. The predicted octanol–water partition coefficient (Wildman–Crippen LogP) is 4.02. The molecule has 2 atom stereocenters. The van der Waals surface area contributed by atoms with Crippen LogP contribution in [0.5, 0.6) is 11.5 Å². The number of methoxy groups -OCH3 is 1. The molecule has 5 nitrogen and oxygen atoms in total. The number of carboxylic acids is 1. The van der Waals surface area contributed by atoms with E-state index in [0.29, 0.717) is 17.4 Å². The zero-order valence-electron chi connectivity index (χ0n) is 14.5. The van der Waals surface area contributed by atoms with Crippen molar-refractivity contribution < 1.29 is 19.4 Å². The molecule has 3 rings (SSSR count). The molecule has 2 unspecified atom stereocenters. The second-order valence-electron chi connectivity index (χ2n) is 6.04. The van der Waals surface area contributed by atoms with E-state index >= 15 is 0 Å². The van der Waals surface area contributed by atoms with Gasteiger partial charge in [-0.05, 0) is 48.4 Å². The van der Waals surface area contributed by atoms with Crippen LogP contribution in [0.3, 0.4) is 0 Å². The summed E-state index contributed by atoms with van der Waals surface area (Å²) in [6.45, 7) is 2.29. The second kappa shape index (κ2) is 8.20. The first-order chi connectivity index (χ1) is 12.5. The molecule has 0 saturated carbocycles. The highest BCUT2D eigenvalue weighted by molar-refractivity contribution is 7.99. The number of aliphatic carboxylic acids is 1. The Balaban J connectivity index is 1.76. The van der Waals surface area contributed by atoms with Gasteiger partial charge in [0.1, 0.15) is 24.1 Å². The molecule has 0 aromatic heterocycles. The summed E-state index contributed by atoms with van der Waals surface area (Å²) in [6.07, 6.45) is 0. The Kier molecular flexibility index (Phi) is 5.96. The number of halogens is 1. The molecule has 0 radical (unpaired) electrons. The van der Waals surface area contributed by atoms with Gasteiger partial charge < -0.3 is 14.6 Å². The van der Waals surface area contributed by atoms with Crippen molar-refractivity contribution in [1.29, 1.82) is 0 Å². The second-order valence-corrected chi connectivity index (χ2v) is 7.62. The zero-order chi connectivity index (χ0) is 18.7. The van der Waals surface area contributed by atoms with Gasteiger partial charge in [0, 0.05) is 16.3 Å². The summed E-state index contributed by atoms with van der Waals surface area (Å²) in [6, 6.07) is 10.8. The van der Waals surface area contributed by atoms with Gasteiger partial charge in [-0.25, -0.2) is 0 Å². The third-order valence-corrected chi connectivity index (χ3v) is 5.71. The van der Waals surface area contributed by atoms with Crippen molar-refractivity contribution in [3.63, 3.8) is 0 Å². The van der Waals surface area contributed by atoms with Gasteiger partial charge in [0.05, 0.1) is 12.5 Å². The van der Waals surface area contributed by atoms with Gasteiger partial charge in [0.25, 0.3) is 0 Å². The zero-order valence-corrected chi connectivity index (χ0v) is 16.1. The number of rotatable bonds is 6. The number of carboxylic acid groups (broad SMARTS) is 1. The molecule has 0 spiro atoms. The molecule has 2 aromatic rings. The first-order valence-electron chi connectivity index (χ1n) is 8.14. The highest BCUT2D eigenvalue weighted by Crippen LogP contribution is 2.35. The topological polar surface area (TPSA) is 67.8 Å². The Morgan fingerprint density at radius 1 is 1.31 bits per heavy atom. The van der Waals surface area contributed by atoms with Crippen LogP contribution in [0.4, 0.5) is 0 Å². The smallest absolute Gasteiger partial charge is 0.321 e. The van der Waals surface area contributed by atoms with E-state index in [4.69, 9.17) is 26.2 Å². The fourth-order valence-electron chi connectivity index (χ4n) is 2.81. The van der Waals surface area contributed by atoms with Gasteiger partial charge in [0.2, 0.25) is 0 Å². The van der Waals surface area contributed by atoms with Gasteiger partial charge in [0.15, 0.2) is 0 Å². The average Bonchev–Trinajstić information content (AvgIpc) is 3.11. The number of thioether (sulfide) groups is 1. The maximum atomic E-state index is 11.1. The number of hydrogen-bond donors (Lipinski definition) is 2. The first-order valence-corrected chi connectivity index (χ1v) is 9.57. The fraction of sp³-hybridized carbons (Fsp3) is 0.316. The fourth-order valence-corrected chi connectivity index (χ4v) is 4.26. The van der Waals surface area contributed by atoms with Crippen molar-refractivity contribution in [2.45, 2.75) is 24.9 Å². The molecule has 138 valence electrons. The quantitative estimate of drug-likeness (QED) is 0.772. The van der Waals surface area contributed by atoms with Crippen LogP contribution in [-0.4, -0.2) is 30.0 Å². The maximum absolute atomic E-state index is 11.1. The van der Waals surface area contributed by atoms with Crippen LogP contribution in [0.2, 0.25) is 5.02 Å². The molecule has 2 aromatic carbocycles. The van der Waals surface area contributed by atoms with Crippen LogP contribution in [0.1, 0.15) is 22.1 Å². The number of aryl methyl sites for hydroxylation is 1. The number of hydrogen-bond acceptors (Lipinski definition) is 5. The van der Waals surface area contributed by atoms with E-state index in [-0.39, 0.29) is 5.37 Å².